The molecule has 2 heterocycles. The van der Waals surface area contributed by atoms with Gasteiger partial charge in [-0.1, -0.05) is 12.1 Å². The summed E-state index contributed by atoms with van der Waals surface area (Å²) in [5, 5.41) is 5.36. The Kier molecular flexibility index (Phi) is 4.06. The number of hydrogen-bond donors (Lipinski definition) is 2. The van der Waals surface area contributed by atoms with Crippen molar-refractivity contribution in [1.29, 1.82) is 0 Å². The lowest BCUT2D eigenvalue weighted by Crippen LogP contribution is -2.42. The zero-order chi connectivity index (χ0) is 16.6. The van der Waals surface area contributed by atoms with Crippen molar-refractivity contribution in [3.8, 4) is 0 Å². The summed E-state index contributed by atoms with van der Waals surface area (Å²) in [6, 6.07) is 6.53. The number of halogens is 2. The third kappa shape index (κ3) is 3.06. The molecular formula is C16H20F2N4O. The van der Waals surface area contributed by atoms with Gasteiger partial charge in [0.1, 0.15) is 5.82 Å². The summed E-state index contributed by atoms with van der Waals surface area (Å²) >= 11 is 0. The molecule has 124 valence electrons. The maximum absolute atomic E-state index is 13.2. The van der Waals surface area contributed by atoms with Crippen molar-refractivity contribution in [1.82, 2.24) is 20.2 Å². The van der Waals surface area contributed by atoms with Crippen molar-refractivity contribution >= 4 is 16.9 Å². The standard InChI is InChI=1S/C16H20F2N4O/c1-3-22-13-7-5-4-6-11(13)21-14(22)10(2)20-15(23)12-8-16(17,18)9-19-12/h4-7,10,12,19H,3,8-9H2,1-2H3,(H,20,23). The molecule has 23 heavy (non-hydrogen) atoms. The second kappa shape index (κ2) is 5.88. The first-order valence-electron chi connectivity index (χ1n) is 7.78. The number of para-hydroxylation sites is 2. The van der Waals surface area contributed by atoms with Gasteiger partial charge in [-0.25, -0.2) is 13.8 Å². The van der Waals surface area contributed by atoms with E-state index in [0.29, 0.717) is 0 Å². The van der Waals surface area contributed by atoms with Crippen molar-refractivity contribution in [3.05, 3.63) is 30.1 Å². The number of rotatable bonds is 4. The maximum atomic E-state index is 13.2. The van der Waals surface area contributed by atoms with Gasteiger partial charge in [-0.15, -0.1) is 0 Å². The molecule has 0 aliphatic carbocycles. The van der Waals surface area contributed by atoms with Gasteiger partial charge in [-0.05, 0) is 26.0 Å². The minimum Gasteiger partial charge on any atom is -0.345 e. The number of carbonyl (C=O) groups is 1. The summed E-state index contributed by atoms with van der Waals surface area (Å²) < 4.78 is 28.5. The van der Waals surface area contributed by atoms with Gasteiger partial charge >= 0.3 is 0 Å². The SMILES string of the molecule is CCn1c(C(C)NC(=O)C2CC(F)(F)CN2)nc2ccccc21. The number of aromatic nitrogens is 2. The normalized spacial score (nSPS) is 21.5. The molecule has 1 amide bonds. The van der Waals surface area contributed by atoms with Gasteiger partial charge in [0, 0.05) is 13.0 Å². The highest BCUT2D eigenvalue weighted by molar-refractivity contribution is 5.83. The van der Waals surface area contributed by atoms with E-state index in [4.69, 9.17) is 0 Å². The van der Waals surface area contributed by atoms with Crippen LogP contribution in [0, 0.1) is 0 Å². The molecule has 1 aliphatic heterocycles. The highest BCUT2D eigenvalue weighted by Gasteiger charge is 2.42. The summed E-state index contributed by atoms with van der Waals surface area (Å²) in [5.74, 6) is -2.50. The molecule has 5 nitrogen and oxygen atoms in total. The highest BCUT2D eigenvalue weighted by Crippen LogP contribution is 2.26. The van der Waals surface area contributed by atoms with E-state index in [1.165, 1.54) is 0 Å². The molecule has 2 atom stereocenters. The van der Waals surface area contributed by atoms with Crippen molar-refractivity contribution in [2.24, 2.45) is 0 Å². The lowest BCUT2D eigenvalue weighted by molar-refractivity contribution is -0.124. The Hall–Kier alpha value is -2.02. The van der Waals surface area contributed by atoms with Crippen LogP contribution in [0.4, 0.5) is 8.78 Å². The fraction of sp³-hybridized carbons (Fsp3) is 0.500. The van der Waals surface area contributed by atoms with Crippen molar-refractivity contribution in [3.63, 3.8) is 0 Å². The molecular weight excluding hydrogens is 302 g/mol. The number of carbonyl (C=O) groups excluding carboxylic acids is 1. The van der Waals surface area contributed by atoms with Gasteiger partial charge in [0.05, 0.1) is 29.7 Å². The summed E-state index contributed by atoms with van der Waals surface area (Å²) in [6.07, 6.45) is -0.463. The Bertz CT molecular complexity index is 728. The number of aryl methyl sites for hydroxylation is 1. The molecule has 1 saturated heterocycles. The van der Waals surface area contributed by atoms with E-state index in [-0.39, 0.29) is 6.04 Å². The van der Waals surface area contributed by atoms with Gasteiger partial charge in [0.25, 0.3) is 5.92 Å². The molecule has 0 spiro atoms. The monoisotopic (exact) mass is 322 g/mol. The van der Waals surface area contributed by atoms with Crippen molar-refractivity contribution in [2.75, 3.05) is 6.54 Å². The Morgan fingerprint density at radius 3 is 2.91 bits per heavy atom. The Morgan fingerprint density at radius 1 is 1.52 bits per heavy atom. The van der Waals surface area contributed by atoms with Crippen LogP contribution in [0.1, 0.15) is 32.1 Å². The minimum absolute atomic E-state index is 0.356. The molecule has 1 aromatic carbocycles. The van der Waals surface area contributed by atoms with Crippen LogP contribution in [0.2, 0.25) is 0 Å². The first kappa shape index (κ1) is 15.9. The van der Waals surface area contributed by atoms with Gasteiger partial charge in [0.2, 0.25) is 5.91 Å². The lowest BCUT2D eigenvalue weighted by atomic mass is 10.1. The van der Waals surface area contributed by atoms with E-state index >= 15 is 0 Å². The molecule has 2 unspecified atom stereocenters. The van der Waals surface area contributed by atoms with Crippen LogP contribution in [0.25, 0.3) is 11.0 Å². The predicted octanol–water partition coefficient (Wildman–Crippen LogP) is 2.23. The van der Waals surface area contributed by atoms with E-state index < -0.39 is 30.8 Å². The third-order valence-corrected chi connectivity index (χ3v) is 4.17. The number of alkyl halides is 2. The third-order valence-electron chi connectivity index (χ3n) is 4.17. The number of amides is 1. The smallest absolute Gasteiger partial charge is 0.262 e. The van der Waals surface area contributed by atoms with Crippen LogP contribution in [-0.2, 0) is 11.3 Å². The van der Waals surface area contributed by atoms with Crippen LogP contribution in [0.3, 0.4) is 0 Å². The molecule has 2 aromatic rings. The maximum Gasteiger partial charge on any atom is 0.262 e. The first-order valence-corrected chi connectivity index (χ1v) is 7.78. The van der Waals surface area contributed by atoms with E-state index in [9.17, 15) is 13.6 Å². The predicted molar refractivity (Wildman–Crippen MR) is 83.3 cm³/mol. The van der Waals surface area contributed by atoms with E-state index in [2.05, 4.69) is 15.6 Å². The van der Waals surface area contributed by atoms with Crippen LogP contribution in [-0.4, -0.2) is 34.0 Å². The molecule has 0 radical (unpaired) electrons. The van der Waals surface area contributed by atoms with Crippen LogP contribution in [0.15, 0.2) is 24.3 Å². The van der Waals surface area contributed by atoms with E-state index in [1.807, 2.05) is 42.7 Å². The first-order chi connectivity index (χ1) is 10.9. The zero-order valence-corrected chi connectivity index (χ0v) is 13.1. The van der Waals surface area contributed by atoms with Crippen molar-refractivity contribution in [2.45, 2.75) is 44.8 Å². The summed E-state index contributed by atoms with van der Waals surface area (Å²) in [6.45, 7) is 4.09. The van der Waals surface area contributed by atoms with Gasteiger partial charge in [-0.2, -0.15) is 0 Å². The number of benzene rings is 1. The van der Waals surface area contributed by atoms with Gasteiger partial charge in [0.15, 0.2) is 0 Å². The van der Waals surface area contributed by atoms with E-state index in [1.54, 1.807) is 0 Å². The summed E-state index contributed by atoms with van der Waals surface area (Å²) in [7, 11) is 0. The molecule has 1 fully saturated rings. The molecule has 2 N–H and O–H groups in total. The fourth-order valence-corrected chi connectivity index (χ4v) is 3.04. The van der Waals surface area contributed by atoms with E-state index in [0.717, 1.165) is 23.4 Å². The number of fused-ring (bicyclic) bond motifs is 1. The summed E-state index contributed by atoms with van der Waals surface area (Å²) in [5.41, 5.74) is 1.85. The lowest BCUT2D eigenvalue weighted by Gasteiger charge is -2.18. The van der Waals surface area contributed by atoms with Gasteiger partial charge in [-0.3, -0.25) is 10.1 Å². The highest BCUT2D eigenvalue weighted by atomic mass is 19.3. The molecule has 1 aliphatic rings. The van der Waals surface area contributed by atoms with Crippen LogP contribution >= 0.6 is 0 Å². The molecule has 0 saturated carbocycles. The fourth-order valence-electron chi connectivity index (χ4n) is 3.04. The Morgan fingerprint density at radius 2 is 2.26 bits per heavy atom. The second-order valence-corrected chi connectivity index (χ2v) is 5.93. The molecule has 3 rings (SSSR count). The average molecular weight is 322 g/mol. The molecule has 0 bridgehead atoms. The summed E-state index contributed by atoms with van der Waals surface area (Å²) in [4.78, 5) is 16.8. The number of nitrogens with zero attached hydrogens (tertiary/aromatic N) is 2. The Labute approximate surface area is 133 Å². The minimum atomic E-state index is -2.82. The van der Waals surface area contributed by atoms with Crippen LogP contribution in [0.5, 0.6) is 0 Å². The second-order valence-electron chi connectivity index (χ2n) is 5.93. The number of imidazole rings is 1. The van der Waals surface area contributed by atoms with Crippen molar-refractivity contribution < 1.29 is 13.6 Å². The number of hydrogen-bond acceptors (Lipinski definition) is 3. The Balaban J connectivity index is 1.78. The van der Waals surface area contributed by atoms with Crippen LogP contribution < -0.4 is 10.6 Å². The molecule has 1 aromatic heterocycles. The largest absolute Gasteiger partial charge is 0.345 e. The quantitative estimate of drug-likeness (QED) is 0.907. The zero-order valence-electron chi connectivity index (χ0n) is 13.1. The number of nitrogens with one attached hydrogen (secondary N) is 2. The average Bonchev–Trinajstić information content (AvgIpc) is 3.07. The topological polar surface area (TPSA) is 59.0 Å². The van der Waals surface area contributed by atoms with Gasteiger partial charge < -0.3 is 9.88 Å². The molecule has 7 heteroatoms.